The third-order valence-electron chi connectivity index (χ3n) is 4.94. The molecule has 3 heterocycles. The van der Waals surface area contributed by atoms with Crippen LogP contribution in [0.1, 0.15) is 28.8 Å². The number of piperidine rings is 1. The summed E-state index contributed by atoms with van der Waals surface area (Å²) >= 11 is 0. The number of rotatable bonds is 4. The lowest BCUT2D eigenvalue weighted by Gasteiger charge is -2.32. The molecule has 1 saturated heterocycles. The number of hydrogen-bond acceptors (Lipinski definition) is 3. The summed E-state index contributed by atoms with van der Waals surface area (Å²) in [4.78, 5) is 29.7. The highest BCUT2D eigenvalue weighted by Gasteiger charge is 2.25. The topological polar surface area (TPSA) is 78.3 Å². The molecule has 0 atom stereocenters. The second-order valence-electron chi connectivity index (χ2n) is 6.68. The first-order chi connectivity index (χ1) is 12.7. The molecular weight excluding hydrogens is 330 g/mol. The van der Waals surface area contributed by atoms with Crippen LogP contribution in [0.15, 0.2) is 53.5 Å². The molecule has 0 aliphatic carbocycles. The van der Waals surface area contributed by atoms with Gasteiger partial charge in [-0.2, -0.15) is 0 Å². The number of nitrogens with zero attached hydrogens (tertiary/aromatic N) is 1. The van der Waals surface area contributed by atoms with Gasteiger partial charge in [-0.15, -0.1) is 0 Å². The summed E-state index contributed by atoms with van der Waals surface area (Å²) in [5.41, 5.74) is 2.62. The zero-order valence-corrected chi connectivity index (χ0v) is 14.4. The van der Waals surface area contributed by atoms with Crippen molar-refractivity contribution in [1.82, 2.24) is 15.2 Å². The van der Waals surface area contributed by atoms with E-state index in [-0.39, 0.29) is 17.9 Å². The van der Waals surface area contributed by atoms with Crippen LogP contribution in [-0.4, -0.2) is 40.8 Å². The van der Waals surface area contributed by atoms with Gasteiger partial charge in [0.15, 0.2) is 0 Å². The zero-order valence-electron chi connectivity index (χ0n) is 14.4. The number of aromatic amines is 1. The Bertz CT molecular complexity index is 905. The smallest absolute Gasteiger partial charge is 0.257 e. The molecule has 2 amide bonds. The molecule has 26 heavy (non-hydrogen) atoms. The second-order valence-corrected chi connectivity index (χ2v) is 6.68. The summed E-state index contributed by atoms with van der Waals surface area (Å²) in [5, 5.41) is 4.19. The molecule has 1 fully saturated rings. The van der Waals surface area contributed by atoms with E-state index in [1.807, 2.05) is 35.4 Å². The van der Waals surface area contributed by atoms with E-state index in [1.54, 1.807) is 6.07 Å². The number of hydrogen-bond donors (Lipinski definition) is 2. The molecule has 0 radical (unpaired) electrons. The number of amides is 2. The number of carbonyl (C=O) groups is 2. The van der Waals surface area contributed by atoms with E-state index in [2.05, 4.69) is 10.3 Å². The van der Waals surface area contributed by atoms with Crippen LogP contribution in [0.25, 0.3) is 10.9 Å². The molecule has 2 aromatic heterocycles. The first-order valence-electron chi connectivity index (χ1n) is 8.86. The van der Waals surface area contributed by atoms with Crippen molar-refractivity contribution in [2.24, 2.45) is 0 Å². The Labute approximate surface area is 151 Å². The quantitative estimate of drug-likeness (QED) is 0.759. The van der Waals surface area contributed by atoms with Crippen molar-refractivity contribution in [3.8, 4) is 0 Å². The molecular formula is C20H21N3O3. The molecule has 0 unspecified atom stereocenters. The fourth-order valence-corrected chi connectivity index (χ4v) is 3.53. The average molecular weight is 351 g/mol. The maximum atomic E-state index is 12.4. The van der Waals surface area contributed by atoms with Gasteiger partial charge in [0.1, 0.15) is 6.26 Å². The molecule has 0 spiro atoms. The average Bonchev–Trinajstić information content (AvgIpc) is 3.32. The predicted molar refractivity (Wildman–Crippen MR) is 97.8 cm³/mol. The van der Waals surface area contributed by atoms with Crippen LogP contribution in [0, 0.1) is 0 Å². The van der Waals surface area contributed by atoms with Crippen LogP contribution in [0.4, 0.5) is 0 Å². The van der Waals surface area contributed by atoms with Gasteiger partial charge < -0.3 is 19.6 Å². The highest BCUT2D eigenvalue weighted by Crippen LogP contribution is 2.19. The van der Waals surface area contributed by atoms with Crippen LogP contribution in [0.5, 0.6) is 0 Å². The predicted octanol–water partition coefficient (Wildman–Crippen LogP) is 2.72. The monoisotopic (exact) mass is 351 g/mol. The Hall–Kier alpha value is -3.02. The molecule has 134 valence electrons. The van der Waals surface area contributed by atoms with E-state index in [0.29, 0.717) is 25.1 Å². The number of likely N-dealkylation sites (tertiary alicyclic amines) is 1. The minimum atomic E-state index is -0.0117. The van der Waals surface area contributed by atoms with Crippen LogP contribution in [0.3, 0.4) is 0 Å². The second kappa shape index (κ2) is 7.07. The molecule has 0 bridgehead atoms. The molecule has 6 nitrogen and oxygen atoms in total. The lowest BCUT2D eigenvalue weighted by Crippen LogP contribution is -2.46. The number of nitrogens with one attached hydrogen (secondary N) is 2. The molecule has 1 aromatic carbocycles. The molecule has 3 aromatic rings. The van der Waals surface area contributed by atoms with Crippen LogP contribution < -0.4 is 5.32 Å². The number of furan rings is 1. The highest BCUT2D eigenvalue weighted by atomic mass is 16.3. The van der Waals surface area contributed by atoms with E-state index in [4.69, 9.17) is 4.42 Å². The molecule has 1 aliphatic rings. The Balaban J connectivity index is 1.30. The molecule has 6 heteroatoms. The van der Waals surface area contributed by atoms with Crippen molar-refractivity contribution in [3.05, 3.63) is 60.2 Å². The number of aromatic nitrogens is 1. The van der Waals surface area contributed by atoms with Crippen molar-refractivity contribution < 1.29 is 14.0 Å². The first-order valence-corrected chi connectivity index (χ1v) is 8.86. The van der Waals surface area contributed by atoms with Gasteiger partial charge in [-0.05, 0) is 30.5 Å². The van der Waals surface area contributed by atoms with E-state index >= 15 is 0 Å². The van der Waals surface area contributed by atoms with Gasteiger partial charge in [0.2, 0.25) is 5.91 Å². The van der Waals surface area contributed by atoms with Crippen LogP contribution >= 0.6 is 0 Å². The summed E-state index contributed by atoms with van der Waals surface area (Å²) in [6.45, 7) is 1.28. The lowest BCUT2D eigenvalue weighted by atomic mass is 10.0. The zero-order chi connectivity index (χ0) is 17.9. The maximum absolute atomic E-state index is 12.4. The normalized spacial score (nSPS) is 15.3. The standard InChI is InChI=1S/C20H21N3O3/c24-19(11-15-12-21-18-4-2-1-3-17(15)18)22-16-5-8-23(9-6-16)20(25)14-7-10-26-13-14/h1-4,7,10,12-13,16,21H,5-6,8-9,11H2,(H,22,24). The van der Waals surface area contributed by atoms with E-state index in [1.165, 1.54) is 12.5 Å². The summed E-state index contributed by atoms with van der Waals surface area (Å²) in [7, 11) is 0. The Morgan fingerprint density at radius 1 is 1.19 bits per heavy atom. The van der Waals surface area contributed by atoms with E-state index in [9.17, 15) is 9.59 Å². The highest BCUT2D eigenvalue weighted by molar-refractivity contribution is 5.94. The SMILES string of the molecule is O=C(Cc1c[nH]c2ccccc12)NC1CCN(C(=O)c2ccoc2)CC1. The summed E-state index contributed by atoms with van der Waals surface area (Å²) in [6, 6.07) is 9.77. The van der Waals surface area contributed by atoms with Gasteiger partial charge >= 0.3 is 0 Å². The summed E-state index contributed by atoms with van der Waals surface area (Å²) < 4.78 is 4.97. The Morgan fingerprint density at radius 3 is 2.77 bits per heavy atom. The minimum Gasteiger partial charge on any atom is -0.472 e. The number of carbonyl (C=O) groups excluding carboxylic acids is 2. The minimum absolute atomic E-state index is 0.0117. The van der Waals surface area contributed by atoms with Gasteiger partial charge in [-0.3, -0.25) is 9.59 Å². The van der Waals surface area contributed by atoms with E-state index in [0.717, 1.165) is 29.3 Å². The largest absolute Gasteiger partial charge is 0.472 e. The van der Waals surface area contributed by atoms with Crippen molar-refractivity contribution in [2.45, 2.75) is 25.3 Å². The van der Waals surface area contributed by atoms with Crippen molar-refractivity contribution >= 4 is 22.7 Å². The van der Waals surface area contributed by atoms with Gasteiger partial charge in [-0.1, -0.05) is 18.2 Å². The fourth-order valence-electron chi connectivity index (χ4n) is 3.53. The van der Waals surface area contributed by atoms with Gasteiger partial charge in [-0.25, -0.2) is 0 Å². The number of H-pyrrole nitrogens is 1. The first kappa shape index (κ1) is 16.4. The van der Waals surface area contributed by atoms with Crippen molar-refractivity contribution in [1.29, 1.82) is 0 Å². The van der Waals surface area contributed by atoms with Crippen molar-refractivity contribution in [2.75, 3.05) is 13.1 Å². The summed E-state index contributed by atoms with van der Waals surface area (Å²) in [6.07, 6.45) is 6.77. The van der Waals surface area contributed by atoms with Crippen molar-refractivity contribution in [3.63, 3.8) is 0 Å². The Kier molecular flexibility index (Phi) is 4.48. The summed E-state index contributed by atoms with van der Waals surface area (Å²) in [5.74, 6) is 0.0108. The maximum Gasteiger partial charge on any atom is 0.257 e. The third-order valence-corrected chi connectivity index (χ3v) is 4.94. The van der Waals surface area contributed by atoms with E-state index < -0.39 is 0 Å². The van der Waals surface area contributed by atoms with Gasteiger partial charge in [0.05, 0.1) is 18.2 Å². The lowest BCUT2D eigenvalue weighted by molar-refractivity contribution is -0.121. The number of benzene rings is 1. The Morgan fingerprint density at radius 2 is 2.00 bits per heavy atom. The van der Waals surface area contributed by atoms with Crippen LogP contribution in [-0.2, 0) is 11.2 Å². The molecule has 1 aliphatic heterocycles. The van der Waals surface area contributed by atoms with Gasteiger partial charge in [0.25, 0.3) is 5.91 Å². The number of para-hydroxylation sites is 1. The van der Waals surface area contributed by atoms with Gasteiger partial charge in [0, 0.05) is 36.2 Å². The third kappa shape index (κ3) is 3.35. The number of fused-ring (bicyclic) bond motifs is 1. The molecule has 4 rings (SSSR count). The van der Waals surface area contributed by atoms with Crippen LogP contribution in [0.2, 0.25) is 0 Å². The molecule has 0 saturated carbocycles. The fraction of sp³-hybridized carbons (Fsp3) is 0.300. The molecule has 2 N–H and O–H groups in total.